The van der Waals surface area contributed by atoms with E-state index in [1.807, 2.05) is 13.8 Å². The molecule has 37 heavy (non-hydrogen) atoms. The molecule has 0 saturated heterocycles. The molecule has 0 radical (unpaired) electrons. The fourth-order valence-electron chi connectivity index (χ4n) is 3.85. The molecule has 0 aliphatic rings. The molecule has 0 rings (SSSR count). The van der Waals surface area contributed by atoms with Crippen molar-refractivity contribution in [1.29, 1.82) is 0 Å². The van der Waals surface area contributed by atoms with Crippen LogP contribution in [0.5, 0.6) is 0 Å². The van der Waals surface area contributed by atoms with Gasteiger partial charge in [-0.25, -0.2) is 9.59 Å². The van der Waals surface area contributed by atoms with Crippen LogP contribution < -0.4 is 5.73 Å². The number of carbonyl (C=O) groups excluding carboxylic acids is 2. The van der Waals surface area contributed by atoms with E-state index in [1.165, 1.54) is 6.92 Å². The Kier molecular flexibility index (Phi) is 12.9. The third-order valence-corrected chi connectivity index (χ3v) is 6.71. The molecule has 0 bridgehead atoms. The lowest BCUT2D eigenvalue weighted by Gasteiger charge is -2.41. The van der Waals surface area contributed by atoms with E-state index in [-0.39, 0.29) is 19.1 Å². The number of esters is 1. The normalized spacial score (nSPS) is 17.4. The zero-order valence-electron chi connectivity index (χ0n) is 24.3. The molecule has 4 atom stereocenters. The quantitative estimate of drug-likeness (QED) is 0.190. The summed E-state index contributed by atoms with van der Waals surface area (Å²) in [5.41, 5.74) is 2.19. The third-order valence-electron chi connectivity index (χ3n) is 6.71. The Labute approximate surface area is 220 Å². The van der Waals surface area contributed by atoms with Gasteiger partial charge in [-0.15, -0.1) is 0 Å². The number of alkyl halides is 3. The predicted octanol–water partition coefficient (Wildman–Crippen LogP) is 6.28. The number of hydrogen-bond donors (Lipinski definition) is 1. The van der Waals surface area contributed by atoms with E-state index in [4.69, 9.17) is 29.4 Å². The van der Waals surface area contributed by atoms with Crippen LogP contribution in [0.1, 0.15) is 102 Å². The minimum absolute atomic E-state index is 0.0575. The largest absolute Gasteiger partial charge is 0.509 e. The highest BCUT2D eigenvalue weighted by atomic mass is 19.4. The van der Waals surface area contributed by atoms with E-state index in [0.717, 1.165) is 0 Å². The molecule has 0 aliphatic heterocycles. The van der Waals surface area contributed by atoms with Crippen molar-refractivity contribution in [2.24, 2.45) is 11.1 Å². The fraction of sp³-hybridized carbons (Fsp3) is 0.923. The van der Waals surface area contributed by atoms with E-state index in [2.05, 4.69) is 0 Å². The van der Waals surface area contributed by atoms with Gasteiger partial charge < -0.3 is 29.4 Å². The fourth-order valence-corrected chi connectivity index (χ4v) is 3.85. The average molecular weight is 544 g/mol. The molecule has 0 heterocycles. The summed E-state index contributed by atoms with van der Waals surface area (Å²) in [4.78, 5) is 23.9. The van der Waals surface area contributed by atoms with E-state index in [0.29, 0.717) is 19.4 Å². The van der Waals surface area contributed by atoms with Crippen LogP contribution >= 0.6 is 0 Å². The molecular weight excluding hydrogens is 495 g/mol. The summed E-state index contributed by atoms with van der Waals surface area (Å²) in [6.45, 7) is 19.7. The summed E-state index contributed by atoms with van der Waals surface area (Å²) in [6, 6.07) is 0. The molecular formula is C26H48F3NO7. The van der Waals surface area contributed by atoms with Crippen LogP contribution in [0.3, 0.4) is 0 Å². The van der Waals surface area contributed by atoms with E-state index in [9.17, 15) is 22.8 Å². The Hall–Kier alpha value is -1.59. The molecule has 0 aromatic heterocycles. The maximum Gasteiger partial charge on any atom is 0.509 e. The smallest absolute Gasteiger partial charge is 0.453 e. The van der Waals surface area contributed by atoms with Crippen LogP contribution in [0.15, 0.2) is 0 Å². The Morgan fingerprint density at radius 1 is 0.865 bits per heavy atom. The predicted molar refractivity (Wildman–Crippen MR) is 134 cm³/mol. The van der Waals surface area contributed by atoms with Gasteiger partial charge in [-0.3, -0.25) is 0 Å². The molecule has 4 unspecified atom stereocenters. The van der Waals surface area contributed by atoms with Crippen LogP contribution in [0.25, 0.3) is 0 Å². The van der Waals surface area contributed by atoms with Gasteiger partial charge in [0.1, 0.15) is 23.5 Å². The van der Waals surface area contributed by atoms with Crippen molar-refractivity contribution in [2.75, 3.05) is 6.61 Å². The zero-order chi connectivity index (χ0) is 29.5. The summed E-state index contributed by atoms with van der Waals surface area (Å²) < 4.78 is 65.3. The van der Waals surface area contributed by atoms with Gasteiger partial charge in [-0.2, -0.15) is 13.2 Å². The number of rotatable bonds is 15. The van der Waals surface area contributed by atoms with Gasteiger partial charge in [0.15, 0.2) is 0 Å². The number of hydrogen-bond acceptors (Lipinski definition) is 8. The average Bonchev–Trinajstić information content (AvgIpc) is 2.64. The summed E-state index contributed by atoms with van der Waals surface area (Å²) >= 11 is 0. The maximum atomic E-state index is 12.7. The third kappa shape index (κ3) is 13.2. The lowest BCUT2D eigenvalue weighted by atomic mass is 9.75. The molecule has 0 aromatic carbocycles. The van der Waals surface area contributed by atoms with Gasteiger partial charge in [0, 0.05) is 24.9 Å². The van der Waals surface area contributed by atoms with Crippen LogP contribution in [-0.2, 0) is 28.5 Å². The first-order chi connectivity index (χ1) is 16.5. The summed E-state index contributed by atoms with van der Waals surface area (Å²) in [6.07, 6.45) is -6.25. The summed E-state index contributed by atoms with van der Waals surface area (Å²) in [5, 5.41) is 0. The van der Waals surface area contributed by atoms with E-state index < -0.39 is 52.7 Å². The lowest BCUT2D eigenvalue weighted by molar-refractivity contribution is -0.216. The van der Waals surface area contributed by atoms with E-state index in [1.54, 1.807) is 55.4 Å². The first-order valence-corrected chi connectivity index (χ1v) is 12.7. The van der Waals surface area contributed by atoms with Crippen molar-refractivity contribution < 1.29 is 46.4 Å². The van der Waals surface area contributed by atoms with Crippen LogP contribution in [0, 0.1) is 5.41 Å². The molecule has 2 N–H and O–H groups in total. The SMILES string of the molecule is CCC(C)(CC(C)OC(C)(C)CC(C)OC(=O)OC(C)(C)C(C)(C)CCOC(C)N)OC(=O)C(F)(F)F. The van der Waals surface area contributed by atoms with Crippen molar-refractivity contribution in [3.63, 3.8) is 0 Å². The van der Waals surface area contributed by atoms with Gasteiger partial charge >= 0.3 is 18.3 Å². The van der Waals surface area contributed by atoms with Gasteiger partial charge in [-0.05, 0) is 68.2 Å². The molecule has 0 aromatic rings. The second kappa shape index (κ2) is 13.5. The van der Waals surface area contributed by atoms with Gasteiger partial charge in [-0.1, -0.05) is 20.8 Å². The van der Waals surface area contributed by atoms with Crippen LogP contribution in [-0.4, -0.2) is 60.1 Å². The van der Waals surface area contributed by atoms with Crippen LogP contribution in [0.2, 0.25) is 0 Å². The highest BCUT2D eigenvalue weighted by molar-refractivity contribution is 5.76. The topological polar surface area (TPSA) is 106 Å². The second-order valence-corrected chi connectivity index (χ2v) is 11.8. The first kappa shape index (κ1) is 35.4. The maximum absolute atomic E-state index is 12.7. The molecule has 0 aliphatic carbocycles. The molecule has 0 saturated carbocycles. The first-order valence-electron chi connectivity index (χ1n) is 12.7. The Morgan fingerprint density at radius 3 is 1.86 bits per heavy atom. The lowest BCUT2D eigenvalue weighted by Crippen LogP contribution is -2.45. The van der Waals surface area contributed by atoms with Crippen molar-refractivity contribution in [3.8, 4) is 0 Å². The minimum atomic E-state index is -5.07. The molecule has 220 valence electrons. The monoisotopic (exact) mass is 543 g/mol. The van der Waals surface area contributed by atoms with Gasteiger partial charge in [0.05, 0.1) is 11.7 Å². The number of nitrogens with two attached hydrogens (primary N) is 1. The Morgan fingerprint density at radius 2 is 1.41 bits per heavy atom. The Balaban J connectivity index is 4.95. The van der Waals surface area contributed by atoms with Gasteiger partial charge in [0.25, 0.3) is 0 Å². The van der Waals surface area contributed by atoms with Crippen molar-refractivity contribution in [1.82, 2.24) is 0 Å². The van der Waals surface area contributed by atoms with Crippen molar-refractivity contribution >= 4 is 12.1 Å². The van der Waals surface area contributed by atoms with Gasteiger partial charge in [0.2, 0.25) is 0 Å². The van der Waals surface area contributed by atoms with Crippen molar-refractivity contribution in [3.05, 3.63) is 0 Å². The molecule has 8 nitrogen and oxygen atoms in total. The van der Waals surface area contributed by atoms with E-state index >= 15 is 0 Å². The highest BCUT2D eigenvalue weighted by Gasteiger charge is 2.45. The Bertz CT molecular complexity index is 738. The standard InChI is InChI=1S/C26H48F3NO7/c1-12-25(11,36-20(31)26(27,28)29)16-18(3)35-23(7,8)15-17(2)34-21(32)37-24(9,10)22(5,6)13-14-33-19(4)30/h17-19H,12-16,30H2,1-11H3. The minimum Gasteiger partial charge on any atom is -0.453 e. The van der Waals surface area contributed by atoms with Crippen molar-refractivity contribution in [2.45, 2.75) is 143 Å². The molecule has 0 amide bonds. The summed E-state index contributed by atoms with van der Waals surface area (Å²) in [5.74, 6) is -2.23. The number of ether oxygens (including phenoxy) is 5. The molecule has 0 spiro atoms. The number of carbonyl (C=O) groups is 2. The number of halogens is 3. The second-order valence-electron chi connectivity index (χ2n) is 11.8. The zero-order valence-corrected chi connectivity index (χ0v) is 24.3. The molecule has 11 heteroatoms. The van der Waals surface area contributed by atoms with Crippen LogP contribution in [0.4, 0.5) is 18.0 Å². The molecule has 0 fully saturated rings. The summed E-state index contributed by atoms with van der Waals surface area (Å²) in [7, 11) is 0. The highest BCUT2D eigenvalue weighted by Crippen LogP contribution is 2.37.